The quantitative estimate of drug-likeness (QED) is 0.727. The van der Waals surface area contributed by atoms with E-state index in [1.807, 2.05) is 24.3 Å². The average Bonchev–Trinajstić information content (AvgIpc) is 3.52. The molecule has 5 rings (SSSR count). The van der Waals surface area contributed by atoms with Crippen molar-refractivity contribution in [3.05, 3.63) is 59.7 Å². The minimum Gasteiger partial charge on any atom is -0.480 e. The lowest BCUT2D eigenvalue weighted by Crippen LogP contribution is -2.60. The third-order valence-electron chi connectivity index (χ3n) is 7.06. The number of nitrogens with zero attached hydrogens (tertiary/aromatic N) is 2. The lowest BCUT2D eigenvalue weighted by atomic mass is 9.98. The average molecular weight is 450 g/mol. The molecule has 8 heteroatoms. The molecule has 0 spiro atoms. The van der Waals surface area contributed by atoms with Crippen molar-refractivity contribution in [3.8, 4) is 11.1 Å². The molecular weight excluding hydrogens is 422 g/mol. The molecule has 3 aliphatic rings. The maximum atomic E-state index is 13.1. The molecule has 1 saturated carbocycles. The Bertz CT molecular complexity index is 1070. The van der Waals surface area contributed by atoms with Gasteiger partial charge in [-0.25, -0.2) is 4.79 Å². The summed E-state index contributed by atoms with van der Waals surface area (Å²) in [4.78, 5) is 40.6. The van der Waals surface area contributed by atoms with Crippen LogP contribution in [0, 0.1) is 0 Å². The highest BCUT2D eigenvalue weighted by atomic mass is 16.5. The number of fused-ring (bicyclic) bond motifs is 3. The number of piperazine rings is 1. The van der Waals surface area contributed by atoms with E-state index in [-0.39, 0.29) is 25.0 Å². The van der Waals surface area contributed by atoms with Gasteiger partial charge in [-0.05, 0) is 42.1 Å². The summed E-state index contributed by atoms with van der Waals surface area (Å²) in [5, 5.41) is 12.2. The zero-order valence-electron chi connectivity index (χ0n) is 18.5. The van der Waals surface area contributed by atoms with Crippen LogP contribution in [0.1, 0.15) is 29.9 Å². The van der Waals surface area contributed by atoms with E-state index in [9.17, 15) is 19.5 Å². The summed E-state index contributed by atoms with van der Waals surface area (Å²) in [6, 6.07) is 15.5. The van der Waals surface area contributed by atoms with Gasteiger partial charge in [0.25, 0.3) is 0 Å². The number of alkyl carbamates (subject to hydrolysis) is 1. The number of likely N-dealkylation sites (N-methyl/N-ethyl adjacent to an activating group) is 1. The number of rotatable bonds is 5. The Labute approximate surface area is 192 Å². The molecule has 2 aromatic carbocycles. The second kappa shape index (κ2) is 8.19. The molecule has 1 saturated heterocycles. The van der Waals surface area contributed by atoms with Gasteiger partial charge in [0.2, 0.25) is 5.91 Å². The van der Waals surface area contributed by atoms with E-state index in [4.69, 9.17) is 4.74 Å². The summed E-state index contributed by atoms with van der Waals surface area (Å²) in [6.45, 7) is 1.20. The van der Waals surface area contributed by atoms with E-state index >= 15 is 0 Å². The molecule has 8 nitrogen and oxygen atoms in total. The Morgan fingerprint density at radius 3 is 2.21 bits per heavy atom. The van der Waals surface area contributed by atoms with Gasteiger partial charge in [0, 0.05) is 25.6 Å². The van der Waals surface area contributed by atoms with Crippen molar-refractivity contribution in [1.29, 1.82) is 0 Å². The van der Waals surface area contributed by atoms with Crippen LogP contribution in [0.4, 0.5) is 4.79 Å². The minimum atomic E-state index is -0.985. The smallest absolute Gasteiger partial charge is 0.408 e. The fraction of sp³-hybridized carbons (Fsp3) is 0.400. The SMILES string of the molecule is CN1CCN(C(=O)C2(NC(=O)OCC3c4ccccc4-c4ccccc43)CC2)CC1C(=O)O. The number of ether oxygens (including phenoxy) is 1. The van der Waals surface area contributed by atoms with Crippen molar-refractivity contribution in [2.75, 3.05) is 33.3 Å². The summed E-state index contributed by atoms with van der Waals surface area (Å²) in [6.07, 6.45) is 0.437. The third-order valence-corrected chi connectivity index (χ3v) is 7.06. The van der Waals surface area contributed by atoms with E-state index in [1.54, 1.807) is 16.8 Å². The molecule has 1 heterocycles. The van der Waals surface area contributed by atoms with Crippen molar-refractivity contribution in [1.82, 2.24) is 15.1 Å². The summed E-state index contributed by atoms with van der Waals surface area (Å²) < 4.78 is 5.61. The van der Waals surface area contributed by atoms with Crippen LogP contribution in [-0.2, 0) is 14.3 Å². The van der Waals surface area contributed by atoms with E-state index in [1.165, 1.54) is 0 Å². The Hall–Kier alpha value is -3.39. The van der Waals surface area contributed by atoms with Crippen molar-refractivity contribution < 1.29 is 24.2 Å². The van der Waals surface area contributed by atoms with Gasteiger partial charge >= 0.3 is 12.1 Å². The summed E-state index contributed by atoms with van der Waals surface area (Å²) >= 11 is 0. The van der Waals surface area contributed by atoms with Gasteiger partial charge in [0.05, 0.1) is 0 Å². The highest BCUT2D eigenvalue weighted by Gasteiger charge is 2.54. The van der Waals surface area contributed by atoms with Crippen molar-refractivity contribution in [3.63, 3.8) is 0 Å². The zero-order valence-corrected chi connectivity index (χ0v) is 18.5. The maximum Gasteiger partial charge on any atom is 0.408 e. The number of carbonyl (C=O) groups excluding carboxylic acids is 2. The number of hydrogen-bond acceptors (Lipinski definition) is 5. The molecule has 2 amide bonds. The van der Waals surface area contributed by atoms with Gasteiger partial charge < -0.3 is 20.1 Å². The molecule has 0 aromatic heterocycles. The molecule has 2 fully saturated rings. The van der Waals surface area contributed by atoms with Crippen LogP contribution >= 0.6 is 0 Å². The normalized spacial score (nSPS) is 21.1. The largest absolute Gasteiger partial charge is 0.480 e. The van der Waals surface area contributed by atoms with E-state index in [2.05, 4.69) is 29.6 Å². The maximum absolute atomic E-state index is 13.1. The summed E-state index contributed by atoms with van der Waals surface area (Å²) in [7, 11) is 1.74. The molecule has 2 aromatic rings. The van der Waals surface area contributed by atoms with E-state index in [0.717, 1.165) is 22.3 Å². The van der Waals surface area contributed by atoms with Gasteiger partial charge in [0.15, 0.2) is 0 Å². The van der Waals surface area contributed by atoms with Crippen molar-refractivity contribution in [2.24, 2.45) is 0 Å². The van der Waals surface area contributed by atoms with Crippen molar-refractivity contribution in [2.45, 2.75) is 30.3 Å². The van der Waals surface area contributed by atoms with Gasteiger partial charge in [-0.3, -0.25) is 14.5 Å². The van der Waals surface area contributed by atoms with Crippen LogP contribution in [0.15, 0.2) is 48.5 Å². The van der Waals surface area contributed by atoms with Gasteiger partial charge in [0.1, 0.15) is 18.2 Å². The zero-order chi connectivity index (χ0) is 23.2. The second-order valence-corrected chi connectivity index (χ2v) is 9.12. The number of carboxylic acid groups (broad SMARTS) is 1. The molecule has 2 aliphatic carbocycles. The molecule has 1 unspecified atom stereocenters. The number of carbonyl (C=O) groups is 3. The fourth-order valence-corrected chi connectivity index (χ4v) is 4.97. The van der Waals surface area contributed by atoms with E-state index in [0.29, 0.717) is 25.9 Å². The Morgan fingerprint density at radius 2 is 1.64 bits per heavy atom. The topological polar surface area (TPSA) is 99.2 Å². The first kappa shape index (κ1) is 21.5. The number of hydrogen-bond donors (Lipinski definition) is 2. The van der Waals surface area contributed by atoms with Crippen LogP contribution in [0.3, 0.4) is 0 Å². The molecule has 33 heavy (non-hydrogen) atoms. The fourth-order valence-electron chi connectivity index (χ4n) is 4.97. The number of amides is 2. The number of aliphatic carboxylic acids is 1. The van der Waals surface area contributed by atoms with Crippen LogP contribution in [-0.4, -0.2) is 77.7 Å². The van der Waals surface area contributed by atoms with Crippen LogP contribution in [0.25, 0.3) is 11.1 Å². The first-order valence-electron chi connectivity index (χ1n) is 11.3. The van der Waals surface area contributed by atoms with Crippen LogP contribution in [0.5, 0.6) is 0 Å². The van der Waals surface area contributed by atoms with Crippen molar-refractivity contribution >= 4 is 18.0 Å². The number of carboxylic acids is 1. The summed E-state index contributed by atoms with van der Waals surface area (Å²) in [5.74, 6) is -1.23. The molecule has 1 aliphatic heterocycles. The molecule has 172 valence electrons. The standard InChI is InChI=1S/C25H27N3O5/c1-27-12-13-28(14-21(27)22(29)30)23(31)25(10-11-25)26-24(32)33-15-20-18-8-4-2-6-16(18)17-7-3-5-9-19(17)20/h2-9,20-21H,10-15H2,1H3,(H,26,32)(H,29,30). The molecule has 0 radical (unpaired) electrons. The Morgan fingerprint density at radius 1 is 1.03 bits per heavy atom. The first-order chi connectivity index (χ1) is 15.9. The number of benzene rings is 2. The number of nitrogens with one attached hydrogen (secondary N) is 1. The molecule has 0 bridgehead atoms. The predicted octanol–water partition coefficient (Wildman–Crippen LogP) is 2.28. The monoisotopic (exact) mass is 449 g/mol. The highest BCUT2D eigenvalue weighted by Crippen LogP contribution is 2.44. The van der Waals surface area contributed by atoms with E-state index < -0.39 is 23.6 Å². The lowest BCUT2D eigenvalue weighted by molar-refractivity contribution is -0.148. The minimum absolute atomic E-state index is 0.0528. The second-order valence-electron chi connectivity index (χ2n) is 9.12. The highest BCUT2D eigenvalue weighted by molar-refractivity contribution is 5.93. The molecule has 1 atom stereocenters. The van der Waals surface area contributed by atoms with Gasteiger partial charge in [-0.2, -0.15) is 0 Å². The predicted molar refractivity (Wildman–Crippen MR) is 121 cm³/mol. The molecule has 2 N–H and O–H groups in total. The molecular formula is C25H27N3O5. The Balaban J connectivity index is 1.23. The van der Waals surface area contributed by atoms with Crippen LogP contribution < -0.4 is 5.32 Å². The van der Waals surface area contributed by atoms with Gasteiger partial charge in [-0.1, -0.05) is 48.5 Å². The lowest BCUT2D eigenvalue weighted by Gasteiger charge is -2.38. The third kappa shape index (κ3) is 3.84. The summed E-state index contributed by atoms with van der Waals surface area (Å²) in [5.41, 5.74) is 3.57. The Kier molecular flexibility index (Phi) is 5.32. The first-order valence-corrected chi connectivity index (χ1v) is 11.3. The van der Waals surface area contributed by atoms with Gasteiger partial charge in [-0.15, -0.1) is 0 Å². The van der Waals surface area contributed by atoms with Crippen LogP contribution in [0.2, 0.25) is 0 Å².